The summed E-state index contributed by atoms with van der Waals surface area (Å²) in [5.74, 6) is 0.803. The number of nitrogens with one attached hydrogen (secondary N) is 2. The van der Waals surface area contributed by atoms with E-state index in [0.717, 1.165) is 19.5 Å². The van der Waals surface area contributed by atoms with Crippen molar-refractivity contribution in [2.24, 2.45) is 5.92 Å². The van der Waals surface area contributed by atoms with Crippen molar-refractivity contribution >= 4 is 5.91 Å². The van der Waals surface area contributed by atoms with Crippen LogP contribution in [-0.4, -0.2) is 25.0 Å². The Balaban J connectivity index is 1.71. The highest BCUT2D eigenvalue weighted by atomic mass is 16.1. The molecule has 1 aliphatic rings. The zero-order chi connectivity index (χ0) is 13.5. The minimum atomic E-state index is 0.176. The van der Waals surface area contributed by atoms with Crippen molar-refractivity contribution < 1.29 is 4.79 Å². The van der Waals surface area contributed by atoms with E-state index in [9.17, 15) is 4.79 Å². The number of piperidine rings is 1. The van der Waals surface area contributed by atoms with Crippen LogP contribution in [-0.2, 0) is 11.2 Å². The summed E-state index contributed by atoms with van der Waals surface area (Å²) in [7, 11) is 0. The van der Waals surface area contributed by atoms with Crippen molar-refractivity contribution in [1.82, 2.24) is 10.6 Å². The number of carbonyl (C=O) groups excluding carboxylic acids is 1. The van der Waals surface area contributed by atoms with Crippen LogP contribution in [0.25, 0.3) is 0 Å². The van der Waals surface area contributed by atoms with Gasteiger partial charge in [0, 0.05) is 12.5 Å². The first-order valence-electron chi connectivity index (χ1n) is 7.29. The van der Waals surface area contributed by atoms with Gasteiger partial charge in [-0.25, -0.2) is 0 Å². The molecule has 19 heavy (non-hydrogen) atoms. The fourth-order valence-electron chi connectivity index (χ4n) is 2.69. The van der Waals surface area contributed by atoms with Gasteiger partial charge in [0.05, 0.1) is 0 Å². The Morgan fingerprint density at radius 3 is 2.68 bits per heavy atom. The van der Waals surface area contributed by atoms with E-state index in [4.69, 9.17) is 0 Å². The minimum Gasteiger partial charge on any atom is -0.353 e. The van der Waals surface area contributed by atoms with E-state index in [1.54, 1.807) is 0 Å². The van der Waals surface area contributed by atoms with Gasteiger partial charge < -0.3 is 10.6 Å². The molecule has 3 heteroatoms. The van der Waals surface area contributed by atoms with Gasteiger partial charge in [-0.2, -0.15) is 0 Å². The lowest BCUT2D eigenvalue weighted by atomic mass is 9.91. The van der Waals surface area contributed by atoms with Crippen LogP contribution in [0.15, 0.2) is 30.3 Å². The molecule has 1 aliphatic heterocycles. The zero-order valence-electron chi connectivity index (χ0n) is 11.7. The molecule has 0 aromatic heterocycles. The molecule has 0 saturated carbocycles. The average Bonchev–Trinajstić information content (AvgIpc) is 2.47. The normalized spacial score (nSPS) is 17.9. The first-order valence-corrected chi connectivity index (χ1v) is 7.29. The van der Waals surface area contributed by atoms with Crippen LogP contribution in [0.3, 0.4) is 0 Å². The molecule has 1 aromatic carbocycles. The molecule has 104 valence electrons. The van der Waals surface area contributed by atoms with Gasteiger partial charge in [-0.1, -0.05) is 30.3 Å². The number of hydrogen-bond acceptors (Lipinski definition) is 2. The van der Waals surface area contributed by atoms with Crippen molar-refractivity contribution in [3.05, 3.63) is 35.9 Å². The molecule has 1 heterocycles. The fraction of sp³-hybridized carbons (Fsp3) is 0.562. The minimum absolute atomic E-state index is 0.176. The van der Waals surface area contributed by atoms with Gasteiger partial charge in [0.1, 0.15) is 0 Å². The van der Waals surface area contributed by atoms with Gasteiger partial charge in [0.2, 0.25) is 5.91 Å². The van der Waals surface area contributed by atoms with E-state index < -0.39 is 0 Å². The summed E-state index contributed by atoms with van der Waals surface area (Å²) < 4.78 is 0. The molecule has 1 atom stereocenters. The first kappa shape index (κ1) is 14.1. The average molecular weight is 260 g/mol. The standard InChI is InChI=1S/C16H24N2O/c1-13(15-9-11-17-12-10-15)18-16(19)8-7-14-5-3-2-4-6-14/h2-6,13,15,17H,7-12H2,1H3,(H,18,19). The number of rotatable bonds is 5. The van der Waals surface area contributed by atoms with Crippen molar-refractivity contribution in [2.75, 3.05) is 13.1 Å². The third kappa shape index (κ3) is 4.67. The van der Waals surface area contributed by atoms with Crippen LogP contribution >= 0.6 is 0 Å². The molecule has 0 spiro atoms. The van der Waals surface area contributed by atoms with Gasteiger partial charge in [-0.15, -0.1) is 0 Å². The monoisotopic (exact) mass is 260 g/mol. The molecule has 0 radical (unpaired) electrons. The second-order valence-electron chi connectivity index (χ2n) is 5.43. The molecule has 1 amide bonds. The summed E-state index contributed by atoms with van der Waals surface area (Å²) in [5, 5.41) is 6.51. The summed E-state index contributed by atoms with van der Waals surface area (Å²) in [6.07, 6.45) is 3.74. The third-order valence-corrected chi connectivity index (χ3v) is 3.96. The number of hydrogen-bond donors (Lipinski definition) is 2. The molecule has 2 N–H and O–H groups in total. The summed E-state index contributed by atoms with van der Waals surface area (Å²) in [6.45, 7) is 4.29. The predicted molar refractivity (Wildman–Crippen MR) is 78.0 cm³/mol. The summed E-state index contributed by atoms with van der Waals surface area (Å²) in [6, 6.07) is 10.5. The van der Waals surface area contributed by atoms with Crippen LogP contribution in [0.5, 0.6) is 0 Å². The molecule has 0 aliphatic carbocycles. The highest BCUT2D eigenvalue weighted by Crippen LogP contribution is 2.16. The predicted octanol–water partition coefficient (Wildman–Crippen LogP) is 2.12. The summed E-state index contributed by atoms with van der Waals surface area (Å²) >= 11 is 0. The highest BCUT2D eigenvalue weighted by molar-refractivity contribution is 5.76. The first-order chi connectivity index (χ1) is 9.25. The van der Waals surface area contributed by atoms with E-state index in [2.05, 4.69) is 29.7 Å². The van der Waals surface area contributed by atoms with Crippen LogP contribution in [0.1, 0.15) is 31.7 Å². The Kier molecular flexibility index (Phi) is 5.40. The van der Waals surface area contributed by atoms with Crippen LogP contribution in [0.2, 0.25) is 0 Å². The largest absolute Gasteiger partial charge is 0.353 e. The van der Waals surface area contributed by atoms with Gasteiger partial charge in [-0.3, -0.25) is 4.79 Å². The molecule has 2 rings (SSSR count). The number of aryl methyl sites for hydroxylation is 1. The molecule has 3 nitrogen and oxygen atoms in total. The second-order valence-corrected chi connectivity index (χ2v) is 5.43. The maximum atomic E-state index is 11.9. The Hall–Kier alpha value is -1.35. The molecule has 0 bridgehead atoms. The lowest BCUT2D eigenvalue weighted by Crippen LogP contribution is -2.42. The Morgan fingerprint density at radius 2 is 2.00 bits per heavy atom. The van der Waals surface area contributed by atoms with Crippen molar-refractivity contribution in [2.45, 2.75) is 38.6 Å². The maximum Gasteiger partial charge on any atom is 0.220 e. The highest BCUT2D eigenvalue weighted by Gasteiger charge is 2.20. The third-order valence-electron chi connectivity index (χ3n) is 3.96. The molecule has 1 saturated heterocycles. The van der Waals surface area contributed by atoms with Gasteiger partial charge in [0.25, 0.3) is 0 Å². The van der Waals surface area contributed by atoms with Crippen molar-refractivity contribution in [3.8, 4) is 0 Å². The molecule has 1 fully saturated rings. The smallest absolute Gasteiger partial charge is 0.220 e. The Bertz CT molecular complexity index is 385. The van der Waals surface area contributed by atoms with Crippen LogP contribution in [0.4, 0.5) is 0 Å². The zero-order valence-corrected chi connectivity index (χ0v) is 11.7. The lowest BCUT2D eigenvalue weighted by molar-refractivity contribution is -0.122. The number of amides is 1. The maximum absolute atomic E-state index is 11.9. The van der Waals surface area contributed by atoms with Crippen molar-refractivity contribution in [3.63, 3.8) is 0 Å². The second kappa shape index (κ2) is 7.29. The molecule has 1 aromatic rings. The van der Waals surface area contributed by atoms with E-state index >= 15 is 0 Å². The quantitative estimate of drug-likeness (QED) is 0.851. The molecular weight excluding hydrogens is 236 g/mol. The lowest BCUT2D eigenvalue weighted by Gasteiger charge is -2.28. The summed E-state index contributed by atoms with van der Waals surface area (Å²) in [5.41, 5.74) is 1.23. The van der Waals surface area contributed by atoms with Gasteiger partial charge >= 0.3 is 0 Å². The van der Waals surface area contributed by atoms with Crippen LogP contribution in [0, 0.1) is 5.92 Å². The van der Waals surface area contributed by atoms with E-state index in [1.807, 2.05) is 18.2 Å². The number of benzene rings is 1. The molecule has 1 unspecified atom stereocenters. The van der Waals surface area contributed by atoms with Crippen LogP contribution < -0.4 is 10.6 Å². The van der Waals surface area contributed by atoms with E-state index in [-0.39, 0.29) is 5.91 Å². The Morgan fingerprint density at radius 1 is 1.32 bits per heavy atom. The Labute approximate surface area is 115 Å². The van der Waals surface area contributed by atoms with E-state index in [1.165, 1.54) is 18.4 Å². The van der Waals surface area contributed by atoms with Gasteiger partial charge in [-0.05, 0) is 50.8 Å². The summed E-state index contributed by atoms with van der Waals surface area (Å²) in [4.78, 5) is 11.9. The van der Waals surface area contributed by atoms with Crippen molar-refractivity contribution in [1.29, 1.82) is 0 Å². The van der Waals surface area contributed by atoms with E-state index in [0.29, 0.717) is 18.4 Å². The van der Waals surface area contributed by atoms with Gasteiger partial charge in [0.15, 0.2) is 0 Å². The number of carbonyl (C=O) groups is 1. The molecular formula is C16H24N2O. The fourth-order valence-corrected chi connectivity index (χ4v) is 2.69. The topological polar surface area (TPSA) is 41.1 Å². The SMILES string of the molecule is CC(NC(=O)CCc1ccccc1)C1CCNCC1.